The van der Waals surface area contributed by atoms with Gasteiger partial charge < -0.3 is 38.0 Å². The summed E-state index contributed by atoms with van der Waals surface area (Å²) in [6, 6.07) is 3.75. The van der Waals surface area contributed by atoms with Gasteiger partial charge in [-0.1, -0.05) is 0 Å². The van der Waals surface area contributed by atoms with E-state index in [0.29, 0.717) is 42.5 Å². The molecule has 2 amide bonds. The zero-order valence-corrected chi connectivity index (χ0v) is 50.6. The molecular formula is C28H13N3Na6O22S6. The zero-order chi connectivity index (χ0) is 44.6. The van der Waals surface area contributed by atoms with Gasteiger partial charge in [0, 0.05) is 44.8 Å². The minimum atomic E-state index is -5.91. The number of non-ortho nitro benzene ring substituents is 1. The van der Waals surface area contributed by atoms with Crippen molar-refractivity contribution in [1.82, 2.24) is 0 Å². The van der Waals surface area contributed by atoms with Gasteiger partial charge in [-0.15, -0.1) is 0 Å². The molecule has 5 aromatic carbocycles. The molecule has 0 fully saturated rings. The Kier molecular flexibility index (Phi) is 25.2. The molecule has 0 saturated carbocycles. The molecule has 5 aromatic rings. The van der Waals surface area contributed by atoms with E-state index < -0.39 is 157 Å². The number of amides is 2. The summed E-state index contributed by atoms with van der Waals surface area (Å²) in [5.41, 5.74) is -4.70. The van der Waals surface area contributed by atoms with Crippen molar-refractivity contribution in [3.8, 4) is 0 Å². The second-order valence-corrected chi connectivity index (χ2v) is 19.7. The summed E-state index contributed by atoms with van der Waals surface area (Å²) >= 11 is 0. The largest absolute Gasteiger partial charge is 1.00 e. The molecule has 0 bridgehead atoms. The first kappa shape index (κ1) is 67.5. The van der Waals surface area contributed by atoms with E-state index in [4.69, 9.17) is 0 Å². The number of nitro groups is 1. The van der Waals surface area contributed by atoms with Crippen molar-refractivity contribution in [2.75, 3.05) is 10.6 Å². The molecule has 0 aliphatic carbocycles. The summed E-state index contributed by atoms with van der Waals surface area (Å²) in [6.45, 7) is 0. The molecule has 0 saturated heterocycles. The maximum absolute atomic E-state index is 13.5. The number of nitrogens with zero attached hydrogens (tertiary/aromatic N) is 1. The predicted molar refractivity (Wildman–Crippen MR) is 185 cm³/mol. The molecule has 0 spiro atoms. The fraction of sp³-hybridized carbons (Fsp3) is 0. The minimum absolute atomic E-state index is 0. The van der Waals surface area contributed by atoms with Gasteiger partial charge in [-0.2, -0.15) is 0 Å². The van der Waals surface area contributed by atoms with E-state index in [2.05, 4.69) is 0 Å². The molecule has 0 heterocycles. The Morgan fingerprint density at radius 2 is 0.708 bits per heavy atom. The Labute approximate surface area is 500 Å². The van der Waals surface area contributed by atoms with Crippen LogP contribution < -0.4 is 188 Å². The quantitative estimate of drug-likeness (QED) is 0.0537. The van der Waals surface area contributed by atoms with E-state index in [9.17, 15) is 97.5 Å². The number of hydrogen-bond acceptors (Lipinski definition) is 22. The van der Waals surface area contributed by atoms with E-state index in [1.54, 1.807) is 0 Å². The smallest absolute Gasteiger partial charge is 0.744 e. The zero-order valence-electron chi connectivity index (χ0n) is 33.7. The molecule has 0 radical (unpaired) electrons. The molecule has 0 atom stereocenters. The summed E-state index contributed by atoms with van der Waals surface area (Å²) < 4.78 is 216. The molecule has 0 unspecified atom stereocenters. The minimum Gasteiger partial charge on any atom is -0.744 e. The van der Waals surface area contributed by atoms with Gasteiger partial charge in [0.1, 0.15) is 60.7 Å². The number of nitrogens with one attached hydrogen (secondary N) is 2. The number of carbonyl (C=O) groups is 2. The number of fused-ring (bicyclic) bond motifs is 2. The third-order valence-corrected chi connectivity index (χ3v) is 13.0. The van der Waals surface area contributed by atoms with Crippen LogP contribution in [0.1, 0.15) is 20.7 Å². The van der Waals surface area contributed by atoms with Crippen LogP contribution in [0.5, 0.6) is 0 Å². The second kappa shape index (κ2) is 24.2. The summed E-state index contributed by atoms with van der Waals surface area (Å²) in [6.07, 6.45) is 0. The molecule has 0 aliphatic heterocycles. The van der Waals surface area contributed by atoms with Gasteiger partial charge in [0.05, 0.1) is 45.7 Å². The van der Waals surface area contributed by atoms with Crippen molar-refractivity contribution in [2.24, 2.45) is 0 Å². The molecule has 5 rings (SSSR count). The van der Waals surface area contributed by atoms with Gasteiger partial charge in [0.2, 0.25) is 0 Å². The standard InChI is InChI=1S/C28H19N3O22S6.6Na/c32-27(29-19-1-3-21(56(42,43)44)17-8-15(54(36,37)38)10-23(25(17)19)58(48,49)50)12-5-13(7-14(6-12)31(34)35)28(33)30-20-2-4-22(57(45,46)47)18-9-16(55(39,40)41)11-24(26(18)20)59(51,52)53;;;;;;/h1-11H,(H,29,32)(H,30,33)(H,36,37,38)(H,39,40,41)(H,42,43,44)(H,45,46,47)(H,48,49,50)(H,51,52,53);;;;;;/q;6*+1/p-6. The van der Waals surface area contributed by atoms with Crippen LogP contribution in [0.4, 0.5) is 17.1 Å². The average molecular weight is 1070 g/mol. The molecule has 314 valence electrons. The van der Waals surface area contributed by atoms with E-state index in [-0.39, 0.29) is 202 Å². The first-order valence-electron chi connectivity index (χ1n) is 14.6. The maximum Gasteiger partial charge on any atom is 1.00 e. The van der Waals surface area contributed by atoms with Crippen molar-refractivity contribution in [3.05, 3.63) is 88.0 Å². The molecule has 2 N–H and O–H groups in total. The fourth-order valence-electron chi connectivity index (χ4n) is 5.48. The van der Waals surface area contributed by atoms with Crippen molar-refractivity contribution in [3.63, 3.8) is 0 Å². The summed E-state index contributed by atoms with van der Waals surface area (Å²) in [4.78, 5) is 28.6. The first-order chi connectivity index (χ1) is 26.7. The Bertz CT molecular complexity index is 3250. The number of anilines is 2. The van der Waals surface area contributed by atoms with E-state index in [1.807, 2.05) is 10.6 Å². The van der Waals surface area contributed by atoms with E-state index >= 15 is 0 Å². The molecule has 0 aliphatic rings. The topological polar surface area (TPSA) is 445 Å². The molecule has 37 heteroatoms. The maximum atomic E-state index is 13.5. The SMILES string of the molecule is O=C(Nc1ccc(S(=O)(=O)[O-])c2cc(S(=O)(=O)[O-])cc(S(=O)(=O)[O-])c12)c1cc(C(=O)Nc2ccc(S(=O)(=O)[O-])c3cc(S(=O)(=O)[O-])cc(S(=O)(=O)[O-])c23)cc([N+](=O)[O-])c1.[Na+].[Na+].[Na+].[Na+].[Na+].[Na+]. The summed E-state index contributed by atoms with van der Waals surface area (Å²) in [5, 5.41) is 11.1. The van der Waals surface area contributed by atoms with Crippen molar-refractivity contribution < 1.29 is 270 Å². The van der Waals surface area contributed by atoms with Crippen LogP contribution in [0.3, 0.4) is 0 Å². The van der Waals surface area contributed by atoms with Crippen LogP contribution in [0, 0.1) is 10.1 Å². The van der Waals surface area contributed by atoms with Crippen LogP contribution in [0.25, 0.3) is 21.5 Å². The predicted octanol–water partition coefficient (Wildman–Crippen LogP) is -18.1. The van der Waals surface area contributed by atoms with Gasteiger partial charge in [0.25, 0.3) is 17.5 Å². The van der Waals surface area contributed by atoms with E-state index in [1.165, 1.54) is 0 Å². The van der Waals surface area contributed by atoms with Crippen molar-refractivity contribution in [1.29, 1.82) is 0 Å². The van der Waals surface area contributed by atoms with Gasteiger partial charge in [-0.05, 0) is 54.6 Å². The Morgan fingerprint density at radius 3 is 0.954 bits per heavy atom. The number of rotatable bonds is 11. The monoisotopic (exact) mass is 1070 g/mol. The normalized spacial score (nSPS) is 11.8. The average Bonchev–Trinajstić information content (AvgIpc) is 3.07. The van der Waals surface area contributed by atoms with Gasteiger partial charge in [0.15, 0.2) is 0 Å². The van der Waals surface area contributed by atoms with E-state index in [0.717, 1.165) is 0 Å². The Hall–Kier alpha value is 0.420. The van der Waals surface area contributed by atoms with Crippen LogP contribution in [0.15, 0.2) is 96.1 Å². The number of benzene rings is 5. The van der Waals surface area contributed by atoms with Crippen LogP contribution in [-0.4, -0.2) is 94.6 Å². The number of nitro benzene ring substituents is 1. The molecule has 65 heavy (non-hydrogen) atoms. The Balaban J connectivity index is 0. The molecule has 0 aromatic heterocycles. The van der Waals surface area contributed by atoms with Gasteiger partial charge in [-0.3, -0.25) is 19.7 Å². The van der Waals surface area contributed by atoms with Crippen LogP contribution in [-0.2, 0) is 60.7 Å². The Morgan fingerprint density at radius 1 is 0.415 bits per heavy atom. The van der Waals surface area contributed by atoms with Crippen LogP contribution in [0.2, 0.25) is 0 Å². The molecular weight excluding hydrogens is 1060 g/mol. The van der Waals surface area contributed by atoms with Crippen molar-refractivity contribution in [2.45, 2.75) is 29.4 Å². The van der Waals surface area contributed by atoms with Gasteiger partial charge >= 0.3 is 177 Å². The third kappa shape index (κ3) is 15.7. The second-order valence-electron chi connectivity index (χ2n) is 11.6. The fourth-order valence-corrected chi connectivity index (χ4v) is 9.49. The molecule has 25 nitrogen and oxygen atoms in total. The van der Waals surface area contributed by atoms with Gasteiger partial charge in [-0.25, -0.2) is 50.5 Å². The summed E-state index contributed by atoms with van der Waals surface area (Å²) in [7, 11) is -34.5. The third-order valence-electron chi connectivity index (χ3n) is 7.83. The number of carbonyl (C=O) groups excluding carboxylic acids is 2. The van der Waals surface area contributed by atoms with Crippen molar-refractivity contribution >= 4 is 111 Å². The first-order valence-corrected chi connectivity index (χ1v) is 23.0. The summed E-state index contributed by atoms with van der Waals surface area (Å²) in [5.74, 6) is -3.11. The number of hydrogen-bond donors (Lipinski definition) is 2. The van der Waals surface area contributed by atoms with Crippen LogP contribution >= 0.6 is 0 Å².